The molecule has 0 bridgehead atoms. The third-order valence-corrected chi connectivity index (χ3v) is 5.60. The van der Waals surface area contributed by atoms with Crippen molar-refractivity contribution >= 4 is 11.7 Å². The SMILES string of the molecule is C[C@@H]1CCCC[C@@H]1NC(=O)CN1CCN(c2ccc(C(F)(F)F)cn2)CC1. The minimum Gasteiger partial charge on any atom is -0.354 e. The van der Waals surface area contributed by atoms with Gasteiger partial charge in [0.05, 0.1) is 12.1 Å². The van der Waals surface area contributed by atoms with E-state index in [1.165, 1.54) is 25.3 Å². The lowest BCUT2D eigenvalue weighted by molar-refractivity contribution is -0.137. The summed E-state index contributed by atoms with van der Waals surface area (Å²) < 4.78 is 37.9. The Balaban J connectivity index is 1.45. The highest BCUT2D eigenvalue weighted by Crippen LogP contribution is 2.29. The van der Waals surface area contributed by atoms with Crippen LogP contribution >= 0.6 is 0 Å². The standard InChI is InChI=1S/C19H27F3N4O/c1-14-4-2-3-5-16(14)24-18(27)13-25-8-10-26(11-9-25)17-7-6-15(12-23-17)19(20,21)22/h6-7,12,14,16H,2-5,8-11,13H2,1H3,(H,24,27)/t14-,16+/m1/s1. The Bertz CT molecular complexity index is 627. The second-order valence-electron chi connectivity index (χ2n) is 7.60. The molecule has 1 saturated carbocycles. The number of rotatable bonds is 4. The molecular formula is C19H27F3N4O. The molecule has 0 spiro atoms. The monoisotopic (exact) mass is 384 g/mol. The number of piperazine rings is 1. The first-order valence-corrected chi connectivity index (χ1v) is 9.63. The van der Waals surface area contributed by atoms with Crippen LogP contribution in [0.4, 0.5) is 19.0 Å². The van der Waals surface area contributed by atoms with E-state index in [0.717, 1.165) is 18.7 Å². The number of halogens is 3. The van der Waals surface area contributed by atoms with Gasteiger partial charge in [-0.2, -0.15) is 13.2 Å². The molecule has 27 heavy (non-hydrogen) atoms. The summed E-state index contributed by atoms with van der Waals surface area (Å²) in [5, 5.41) is 3.17. The highest BCUT2D eigenvalue weighted by atomic mass is 19.4. The van der Waals surface area contributed by atoms with Crippen molar-refractivity contribution in [3.05, 3.63) is 23.9 Å². The fourth-order valence-electron chi connectivity index (χ4n) is 3.86. The smallest absolute Gasteiger partial charge is 0.354 e. The van der Waals surface area contributed by atoms with E-state index in [0.29, 0.717) is 44.5 Å². The minimum atomic E-state index is -4.37. The summed E-state index contributed by atoms with van der Waals surface area (Å²) in [5.41, 5.74) is -0.738. The maximum atomic E-state index is 12.6. The van der Waals surface area contributed by atoms with Crippen LogP contribution in [0.1, 0.15) is 38.2 Å². The van der Waals surface area contributed by atoms with Crippen LogP contribution in [0.3, 0.4) is 0 Å². The maximum Gasteiger partial charge on any atom is 0.417 e. The predicted molar refractivity (Wildman–Crippen MR) is 97.5 cm³/mol. The molecule has 8 heteroatoms. The number of anilines is 1. The zero-order valence-electron chi connectivity index (χ0n) is 15.6. The minimum absolute atomic E-state index is 0.0647. The first-order chi connectivity index (χ1) is 12.8. The van der Waals surface area contributed by atoms with Gasteiger partial charge in [-0.25, -0.2) is 4.98 Å². The molecule has 1 N–H and O–H groups in total. The highest BCUT2D eigenvalue weighted by molar-refractivity contribution is 5.78. The second kappa shape index (κ2) is 8.46. The summed E-state index contributed by atoms with van der Waals surface area (Å²) in [6.45, 7) is 5.24. The molecule has 0 aromatic carbocycles. The van der Waals surface area contributed by atoms with E-state index in [4.69, 9.17) is 0 Å². The van der Waals surface area contributed by atoms with Crippen molar-refractivity contribution < 1.29 is 18.0 Å². The third kappa shape index (κ3) is 5.34. The summed E-state index contributed by atoms with van der Waals surface area (Å²) in [6.07, 6.45) is 1.15. The number of carbonyl (C=O) groups excluding carboxylic acids is 1. The van der Waals surface area contributed by atoms with Gasteiger partial charge in [-0.1, -0.05) is 19.8 Å². The first-order valence-electron chi connectivity index (χ1n) is 9.63. The molecule has 2 aliphatic rings. The van der Waals surface area contributed by atoms with Crippen molar-refractivity contribution in [1.82, 2.24) is 15.2 Å². The van der Waals surface area contributed by atoms with Crippen molar-refractivity contribution in [3.8, 4) is 0 Å². The number of amides is 1. The van der Waals surface area contributed by atoms with Crippen molar-refractivity contribution in [2.24, 2.45) is 5.92 Å². The van der Waals surface area contributed by atoms with Gasteiger partial charge in [-0.3, -0.25) is 9.69 Å². The van der Waals surface area contributed by atoms with Crippen LogP contribution in [-0.4, -0.2) is 54.6 Å². The number of nitrogens with zero attached hydrogens (tertiary/aromatic N) is 3. The fraction of sp³-hybridized carbons (Fsp3) is 0.684. The molecule has 1 aromatic heterocycles. The van der Waals surface area contributed by atoms with Crippen molar-refractivity contribution in [3.63, 3.8) is 0 Å². The van der Waals surface area contributed by atoms with Crippen LogP contribution in [0, 0.1) is 5.92 Å². The van der Waals surface area contributed by atoms with E-state index in [1.807, 2.05) is 4.90 Å². The van der Waals surface area contributed by atoms with Gasteiger partial charge >= 0.3 is 6.18 Å². The molecule has 3 rings (SSSR count). The summed E-state index contributed by atoms with van der Waals surface area (Å²) in [6, 6.07) is 2.76. The molecule has 0 radical (unpaired) electrons. The normalized spacial score (nSPS) is 24.7. The van der Waals surface area contributed by atoms with Gasteiger partial charge in [0.15, 0.2) is 0 Å². The van der Waals surface area contributed by atoms with Gasteiger partial charge in [0, 0.05) is 38.4 Å². The lowest BCUT2D eigenvalue weighted by atomic mass is 9.86. The molecule has 2 fully saturated rings. The largest absolute Gasteiger partial charge is 0.417 e. The third-order valence-electron chi connectivity index (χ3n) is 5.60. The number of carbonyl (C=O) groups is 1. The number of hydrogen-bond acceptors (Lipinski definition) is 4. The summed E-state index contributed by atoms with van der Waals surface area (Å²) in [5.74, 6) is 1.14. The number of nitrogens with one attached hydrogen (secondary N) is 1. The molecule has 1 aromatic rings. The average Bonchev–Trinajstić information content (AvgIpc) is 2.64. The number of pyridine rings is 1. The van der Waals surface area contributed by atoms with Crippen LogP contribution in [0.2, 0.25) is 0 Å². The molecule has 150 valence electrons. The van der Waals surface area contributed by atoms with Crippen LogP contribution in [0.5, 0.6) is 0 Å². The molecule has 0 unspecified atom stereocenters. The molecule has 1 aliphatic heterocycles. The second-order valence-corrected chi connectivity index (χ2v) is 7.60. The van der Waals surface area contributed by atoms with Crippen LogP contribution in [0.25, 0.3) is 0 Å². The fourth-order valence-corrected chi connectivity index (χ4v) is 3.86. The molecule has 1 aliphatic carbocycles. The number of aromatic nitrogens is 1. The molecule has 1 saturated heterocycles. The topological polar surface area (TPSA) is 48.5 Å². The molecular weight excluding hydrogens is 357 g/mol. The zero-order valence-corrected chi connectivity index (χ0v) is 15.6. The Labute approximate surface area is 157 Å². The van der Waals surface area contributed by atoms with E-state index >= 15 is 0 Å². The van der Waals surface area contributed by atoms with Crippen molar-refractivity contribution in [2.75, 3.05) is 37.6 Å². The van der Waals surface area contributed by atoms with E-state index in [9.17, 15) is 18.0 Å². The van der Waals surface area contributed by atoms with Crippen LogP contribution in [0.15, 0.2) is 18.3 Å². The zero-order chi connectivity index (χ0) is 19.4. The Morgan fingerprint density at radius 3 is 2.48 bits per heavy atom. The Kier molecular flexibility index (Phi) is 6.24. The lowest BCUT2D eigenvalue weighted by Gasteiger charge is -2.36. The molecule has 5 nitrogen and oxygen atoms in total. The van der Waals surface area contributed by atoms with Crippen LogP contribution < -0.4 is 10.2 Å². The Morgan fingerprint density at radius 1 is 1.19 bits per heavy atom. The quantitative estimate of drug-likeness (QED) is 0.867. The predicted octanol–water partition coefficient (Wildman–Crippen LogP) is 2.92. The van der Waals surface area contributed by atoms with E-state index < -0.39 is 11.7 Å². The van der Waals surface area contributed by atoms with Gasteiger partial charge in [0.25, 0.3) is 0 Å². The van der Waals surface area contributed by atoms with Gasteiger partial charge in [-0.05, 0) is 30.9 Å². The molecule has 2 atom stereocenters. The van der Waals surface area contributed by atoms with E-state index in [-0.39, 0.29) is 11.9 Å². The van der Waals surface area contributed by atoms with Gasteiger partial charge < -0.3 is 10.2 Å². The highest BCUT2D eigenvalue weighted by Gasteiger charge is 2.31. The van der Waals surface area contributed by atoms with Gasteiger partial charge in [0.1, 0.15) is 5.82 Å². The van der Waals surface area contributed by atoms with Crippen molar-refractivity contribution in [2.45, 2.75) is 44.8 Å². The average molecular weight is 384 g/mol. The van der Waals surface area contributed by atoms with E-state index in [1.54, 1.807) is 0 Å². The molecule has 2 heterocycles. The summed E-state index contributed by atoms with van der Waals surface area (Å²) in [7, 11) is 0. The lowest BCUT2D eigenvalue weighted by Crippen LogP contribution is -2.51. The van der Waals surface area contributed by atoms with Gasteiger partial charge in [0.2, 0.25) is 5.91 Å². The van der Waals surface area contributed by atoms with Crippen molar-refractivity contribution in [1.29, 1.82) is 0 Å². The Hall–Kier alpha value is -1.83. The number of hydrogen-bond donors (Lipinski definition) is 1. The maximum absolute atomic E-state index is 12.6. The summed E-state index contributed by atoms with van der Waals surface area (Å²) >= 11 is 0. The number of alkyl halides is 3. The first kappa shape index (κ1) is 19.9. The Morgan fingerprint density at radius 2 is 1.89 bits per heavy atom. The van der Waals surface area contributed by atoms with Gasteiger partial charge in [-0.15, -0.1) is 0 Å². The molecule has 1 amide bonds. The van der Waals surface area contributed by atoms with E-state index in [2.05, 4.69) is 22.1 Å². The summed E-state index contributed by atoms with van der Waals surface area (Å²) in [4.78, 5) is 20.3. The van der Waals surface area contributed by atoms with Crippen LogP contribution in [-0.2, 0) is 11.0 Å².